The number of hydrogen-bond acceptors (Lipinski definition) is 4. The molecule has 15 heavy (non-hydrogen) atoms. The highest BCUT2D eigenvalue weighted by molar-refractivity contribution is 5.23. The van der Waals surface area contributed by atoms with Crippen LogP contribution in [0, 0.1) is 0 Å². The summed E-state index contributed by atoms with van der Waals surface area (Å²) in [7, 11) is 0. The highest BCUT2D eigenvalue weighted by Gasteiger charge is 1.95. The van der Waals surface area contributed by atoms with Gasteiger partial charge < -0.3 is 15.2 Å². The molecule has 0 unspecified atom stereocenters. The molecular weight excluding hydrogens is 194 g/mol. The van der Waals surface area contributed by atoms with Crippen molar-refractivity contribution in [1.29, 1.82) is 0 Å². The van der Waals surface area contributed by atoms with Gasteiger partial charge in [0, 0.05) is 6.20 Å². The van der Waals surface area contributed by atoms with Gasteiger partial charge in [0.15, 0.2) is 0 Å². The molecule has 1 heterocycles. The van der Waals surface area contributed by atoms with Crippen LogP contribution in [0.15, 0.2) is 12.3 Å². The third-order valence-corrected chi connectivity index (χ3v) is 1.80. The molecule has 0 aromatic carbocycles. The fourth-order valence-corrected chi connectivity index (χ4v) is 1.10. The van der Waals surface area contributed by atoms with Crippen molar-refractivity contribution in [1.82, 2.24) is 9.78 Å². The first kappa shape index (κ1) is 12.0. The Hall–Kier alpha value is -1.07. The second-order valence-electron chi connectivity index (χ2n) is 3.54. The maximum absolute atomic E-state index is 5.47. The molecule has 0 amide bonds. The van der Waals surface area contributed by atoms with E-state index >= 15 is 0 Å². The van der Waals surface area contributed by atoms with Crippen LogP contribution < -0.4 is 5.73 Å². The first-order chi connectivity index (χ1) is 7.18. The molecule has 1 rings (SSSR count). The number of nitrogen functional groups attached to an aromatic ring is 1. The van der Waals surface area contributed by atoms with E-state index in [1.165, 1.54) is 0 Å². The van der Waals surface area contributed by atoms with Gasteiger partial charge >= 0.3 is 0 Å². The van der Waals surface area contributed by atoms with Crippen LogP contribution in [-0.2, 0) is 16.0 Å². The summed E-state index contributed by atoms with van der Waals surface area (Å²) < 4.78 is 12.5. The number of anilines is 1. The van der Waals surface area contributed by atoms with Gasteiger partial charge in [-0.05, 0) is 19.9 Å². The SMILES string of the molecule is CC(C)OCCOCCn1ccc(N)n1. The van der Waals surface area contributed by atoms with E-state index in [1.54, 1.807) is 10.7 Å². The van der Waals surface area contributed by atoms with Crippen LogP contribution >= 0.6 is 0 Å². The van der Waals surface area contributed by atoms with E-state index in [2.05, 4.69) is 5.10 Å². The fourth-order valence-electron chi connectivity index (χ4n) is 1.10. The number of nitrogens with two attached hydrogens (primary N) is 1. The molecule has 2 N–H and O–H groups in total. The Kier molecular flexibility index (Phi) is 5.14. The molecule has 0 aliphatic rings. The van der Waals surface area contributed by atoms with Crippen molar-refractivity contribution >= 4 is 5.82 Å². The summed E-state index contributed by atoms with van der Waals surface area (Å²) in [5.41, 5.74) is 5.47. The smallest absolute Gasteiger partial charge is 0.145 e. The quantitative estimate of drug-likeness (QED) is 0.684. The van der Waals surface area contributed by atoms with Crippen molar-refractivity contribution < 1.29 is 9.47 Å². The van der Waals surface area contributed by atoms with Crippen LogP contribution in [0.1, 0.15) is 13.8 Å². The van der Waals surface area contributed by atoms with Gasteiger partial charge in [-0.3, -0.25) is 4.68 Å². The van der Waals surface area contributed by atoms with Gasteiger partial charge in [-0.2, -0.15) is 5.10 Å². The normalized spacial score (nSPS) is 11.1. The highest BCUT2D eigenvalue weighted by atomic mass is 16.5. The van der Waals surface area contributed by atoms with Gasteiger partial charge in [-0.1, -0.05) is 0 Å². The Morgan fingerprint density at radius 2 is 2.20 bits per heavy atom. The Bertz CT molecular complexity index is 273. The van der Waals surface area contributed by atoms with Crippen molar-refractivity contribution in [2.75, 3.05) is 25.6 Å². The van der Waals surface area contributed by atoms with Crippen LogP contribution in [0.25, 0.3) is 0 Å². The van der Waals surface area contributed by atoms with Crippen molar-refractivity contribution in [2.24, 2.45) is 0 Å². The minimum Gasteiger partial charge on any atom is -0.382 e. The number of ether oxygens (including phenoxy) is 2. The molecule has 0 spiro atoms. The Balaban J connectivity index is 1.98. The molecule has 0 saturated heterocycles. The first-order valence-electron chi connectivity index (χ1n) is 5.17. The number of nitrogens with zero attached hydrogens (tertiary/aromatic N) is 2. The summed E-state index contributed by atoms with van der Waals surface area (Å²) >= 11 is 0. The second-order valence-corrected chi connectivity index (χ2v) is 3.54. The summed E-state index contributed by atoms with van der Waals surface area (Å²) in [6, 6.07) is 1.77. The predicted molar refractivity (Wildman–Crippen MR) is 58.5 cm³/mol. The van der Waals surface area contributed by atoms with Crippen LogP contribution in [0.2, 0.25) is 0 Å². The van der Waals surface area contributed by atoms with Crippen molar-refractivity contribution in [3.63, 3.8) is 0 Å². The Morgan fingerprint density at radius 1 is 1.40 bits per heavy atom. The van der Waals surface area contributed by atoms with Crippen molar-refractivity contribution in [3.8, 4) is 0 Å². The van der Waals surface area contributed by atoms with Gasteiger partial charge in [0.2, 0.25) is 0 Å². The van der Waals surface area contributed by atoms with Gasteiger partial charge in [0.05, 0.1) is 32.5 Å². The molecule has 0 atom stereocenters. The van der Waals surface area contributed by atoms with Crippen LogP contribution in [-0.4, -0.2) is 35.7 Å². The molecule has 0 bridgehead atoms. The van der Waals surface area contributed by atoms with Gasteiger partial charge in [-0.15, -0.1) is 0 Å². The second kappa shape index (κ2) is 6.42. The van der Waals surface area contributed by atoms with Gasteiger partial charge in [0.1, 0.15) is 5.82 Å². The molecular formula is C10H19N3O2. The zero-order chi connectivity index (χ0) is 11.1. The third-order valence-electron chi connectivity index (χ3n) is 1.80. The summed E-state index contributed by atoms with van der Waals surface area (Å²) in [5, 5.41) is 4.04. The molecule has 0 aliphatic carbocycles. The molecule has 0 radical (unpaired) electrons. The summed E-state index contributed by atoms with van der Waals surface area (Å²) in [4.78, 5) is 0. The number of rotatable bonds is 7. The molecule has 1 aromatic heterocycles. The average Bonchev–Trinajstić information content (AvgIpc) is 2.57. The molecule has 0 aliphatic heterocycles. The molecule has 0 saturated carbocycles. The topological polar surface area (TPSA) is 62.3 Å². The summed E-state index contributed by atoms with van der Waals surface area (Å²) in [6.45, 7) is 6.62. The summed E-state index contributed by atoms with van der Waals surface area (Å²) in [5.74, 6) is 0.540. The maximum atomic E-state index is 5.47. The van der Waals surface area contributed by atoms with E-state index in [0.29, 0.717) is 25.6 Å². The Labute approximate surface area is 90.2 Å². The molecule has 0 fully saturated rings. The van der Waals surface area contributed by atoms with Crippen LogP contribution in [0.4, 0.5) is 5.82 Å². The number of aromatic nitrogens is 2. The van der Waals surface area contributed by atoms with Crippen LogP contribution in [0.5, 0.6) is 0 Å². The lowest BCUT2D eigenvalue weighted by Gasteiger charge is -2.07. The lowest BCUT2D eigenvalue weighted by molar-refractivity contribution is 0.0171. The zero-order valence-electron chi connectivity index (χ0n) is 9.35. The molecule has 5 heteroatoms. The maximum Gasteiger partial charge on any atom is 0.145 e. The molecule has 1 aromatic rings. The van der Waals surface area contributed by atoms with E-state index in [4.69, 9.17) is 15.2 Å². The van der Waals surface area contributed by atoms with Crippen LogP contribution in [0.3, 0.4) is 0 Å². The Morgan fingerprint density at radius 3 is 2.80 bits per heavy atom. The first-order valence-corrected chi connectivity index (χ1v) is 5.17. The molecule has 5 nitrogen and oxygen atoms in total. The van der Waals surface area contributed by atoms with E-state index in [-0.39, 0.29) is 6.10 Å². The average molecular weight is 213 g/mol. The van der Waals surface area contributed by atoms with Gasteiger partial charge in [0.25, 0.3) is 0 Å². The van der Waals surface area contributed by atoms with Crippen molar-refractivity contribution in [2.45, 2.75) is 26.5 Å². The zero-order valence-corrected chi connectivity index (χ0v) is 9.35. The van der Waals surface area contributed by atoms with E-state index < -0.39 is 0 Å². The minimum atomic E-state index is 0.263. The minimum absolute atomic E-state index is 0.263. The lowest BCUT2D eigenvalue weighted by atomic mass is 10.5. The monoisotopic (exact) mass is 213 g/mol. The third kappa shape index (κ3) is 5.39. The lowest BCUT2D eigenvalue weighted by Crippen LogP contribution is -2.12. The predicted octanol–water partition coefficient (Wildman–Crippen LogP) is 0.907. The van der Waals surface area contributed by atoms with E-state index in [1.807, 2.05) is 20.0 Å². The fraction of sp³-hybridized carbons (Fsp3) is 0.700. The summed E-state index contributed by atoms with van der Waals surface area (Å²) in [6.07, 6.45) is 2.10. The van der Waals surface area contributed by atoms with Gasteiger partial charge in [-0.25, -0.2) is 0 Å². The number of hydrogen-bond donors (Lipinski definition) is 1. The largest absolute Gasteiger partial charge is 0.382 e. The molecule has 86 valence electrons. The highest BCUT2D eigenvalue weighted by Crippen LogP contribution is 1.95. The van der Waals surface area contributed by atoms with E-state index in [0.717, 1.165) is 6.54 Å². The van der Waals surface area contributed by atoms with Crippen molar-refractivity contribution in [3.05, 3.63) is 12.3 Å². The standard InChI is InChI=1S/C10H19N3O2/c1-9(2)15-8-7-14-6-5-13-4-3-10(11)12-13/h3-4,9H,5-8H2,1-2H3,(H2,11,12). The van der Waals surface area contributed by atoms with E-state index in [9.17, 15) is 0 Å².